The fourth-order valence-corrected chi connectivity index (χ4v) is 4.45. The number of phenols is 1. The van der Waals surface area contributed by atoms with Crippen LogP contribution < -0.4 is 10.6 Å². The Hall–Kier alpha value is -4.58. The molecule has 0 radical (unpaired) electrons. The third-order valence-corrected chi connectivity index (χ3v) is 6.12. The molecular formula is C29H24N2O4. The first-order valence-electron chi connectivity index (χ1n) is 11.4. The smallest absolute Gasteiger partial charge is 0.411 e. The molecule has 0 unspecified atom stereocenters. The number of amides is 2. The number of benzene rings is 4. The number of hydrogen-bond donors (Lipinski definition) is 3. The minimum Gasteiger partial charge on any atom is -0.508 e. The van der Waals surface area contributed by atoms with Gasteiger partial charge >= 0.3 is 6.09 Å². The van der Waals surface area contributed by atoms with Gasteiger partial charge in [-0.25, -0.2) is 4.79 Å². The zero-order chi connectivity index (χ0) is 24.2. The highest BCUT2D eigenvalue weighted by Crippen LogP contribution is 2.44. The number of ether oxygens (including phenoxy) is 1. The second kappa shape index (κ2) is 9.73. The summed E-state index contributed by atoms with van der Waals surface area (Å²) in [6.07, 6.45) is -0.672. The van der Waals surface area contributed by atoms with Crippen LogP contribution >= 0.6 is 0 Å². The molecule has 0 fully saturated rings. The van der Waals surface area contributed by atoms with Crippen molar-refractivity contribution >= 4 is 17.7 Å². The predicted molar refractivity (Wildman–Crippen MR) is 134 cm³/mol. The molecule has 0 atom stereocenters. The van der Waals surface area contributed by atoms with Crippen LogP contribution in [0.2, 0.25) is 0 Å². The molecule has 174 valence electrons. The molecule has 0 saturated heterocycles. The van der Waals surface area contributed by atoms with Crippen LogP contribution in [0.15, 0.2) is 97.1 Å². The third kappa shape index (κ3) is 4.73. The summed E-state index contributed by atoms with van der Waals surface area (Å²) in [4.78, 5) is 25.5. The van der Waals surface area contributed by atoms with E-state index in [0.29, 0.717) is 6.54 Å². The van der Waals surface area contributed by atoms with E-state index in [1.807, 2.05) is 54.6 Å². The number of anilines is 1. The Morgan fingerprint density at radius 1 is 0.800 bits per heavy atom. The van der Waals surface area contributed by atoms with Crippen LogP contribution in [0.3, 0.4) is 0 Å². The fourth-order valence-electron chi connectivity index (χ4n) is 4.45. The van der Waals surface area contributed by atoms with Crippen LogP contribution in [0.25, 0.3) is 11.1 Å². The third-order valence-electron chi connectivity index (χ3n) is 6.12. The lowest BCUT2D eigenvalue weighted by atomic mass is 9.98. The van der Waals surface area contributed by atoms with Crippen LogP contribution in [-0.4, -0.2) is 23.7 Å². The number of hydrogen-bond acceptors (Lipinski definition) is 4. The summed E-state index contributed by atoms with van der Waals surface area (Å²) in [5, 5.41) is 15.4. The van der Waals surface area contributed by atoms with Gasteiger partial charge in [-0.3, -0.25) is 10.1 Å². The second-order valence-corrected chi connectivity index (χ2v) is 8.35. The van der Waals surface area contributed by atoms with Gasteiger partial charge in [0, 0.05) is 12.5 Å². The lowest BCUT2D eigenvalue weighted by Crippen LogP contribution is -2.25. The van der Waals surface area contributed by atoms with Gasteiger partial charge in [0.25, 0.3) is 5.91 Å². The average molecular weight is 465 g/mol. The van der Waals surface area contributed by atoms with E-state index >= 15 is 0 Å². The standard InChI is InChI=1S/C29H24N2O4/c32-20-14-15-27(25(16-20)28(33)30-17-19-8-2-1-3-9-19)31-29(34)35-18-26-23-12-6-4-10-21(23)22-11-5-7-13-24(22)26/h1-16,26,32H,17-18H2,(H,30,33)(H,31,34). The minimum absolute atomic E-state index is 0.0680. The van der Waals surface area contributed by atoms with Gasteiger partial charge in [0.15, 0.2) is 0 Å². The number of carbonyl (C=O) groups is 2. The molecule has 3 N–H and O–H groups in total. The van der Waals surface area contributed by atoms with Crippen LogP contribution in [0.5, 0.6) is 5.75 Å². The summed E-state index contributed by atoms with van der Waals surface area (Å²) in [6.45, 7) is 0.479. The number of aromatic hydroxyl groups is 1. The van der Waals surface area contributed by atoms with E-state index in [1.165, 1.54) is 18.2 Å². The van der Waals surface area contributed by atoms with Crippen molar-refractivity contribution in [2.24, 2.45) is 0 Å². The average Bonchev–Trinajstić information content (AvgIpc) is 3.21. The van der Waals surface area contributed by atoms with Crippen molar-refractivity contribution in [1.29, 1.82) is 0 Å². The summed E-state index contributed by atoms with van der Waals surface area (Å²) >= 11 is 0. The molecule has 0 spiro atoms. The summed E-state index contributed by atoms with van der Waals surface area (Å²) in [5.41, 5.74) is 5.87. The Morgan fingerprint density at radius 3 is 2.11 bits per heavy atom. The van der Waals surface area contributed by atoms with E-state index < -0.39 is 12.0 Å². The maximum absolute atomic E-state index is 12.8. The van der Waals surface area contributed by atoms with Gasteiger partial charge < -0.3 is 15.2 Å². The summed E-state index contributed by atoms with van der Waals surface area (Å²) < 4.78 is 5.59. The summed E-state index contributed by atoms with van der Waals surface area (Å²) in [6, 6.07) is 29.9. The molecule has 4 aromatic rings. The molecule has 1 aliphatic carbocycles. The molecule has 0 saturated carbocycles. The van der Waals surface area contributed by atoms with Crippen molar-refractivity contribution in [2.45, 2.75) is 12.5 Å². The lowest BCUT2D eigenvalue weighted by Gasteiger charge is -2.16. The van der Waals surface area contributed by atoms with Gasteiger partial charge in [0.2, 0.25) is 0 Å². The molecule has 6 nitrogen and oxygen atoms in total. The molecule has 0 aromatic heterocycles. The Balaban J connectivity index is 1.27. The topological polar surface area (TPSA) is 87.7 Å². The Labute approximate surface area is 203 Å². The molecule has 4 aromatic carbocycles. The minimum atomic E-state index is -0.672. The SMILES string of the molecule is O=C(Nc1ccc(O)cc1C(=O)NCc1ccccc1)OCC1c2ccccc2-c2ccccc21. The zero-order valence-corrected chi connectivity index (χ0v) is 18.9. The molecule has 0 heterocycles. The maximum Gasteiger partial charge on any atom is 0.411 e. The van der Waals surface area contributed by atoms with Crippen molar-refractivity contribution in [3.05, 3.63) is 119 Å². The van der Waals surface area contributed by atoms with Crippen LogP contribution in [0.4, 0.5) is 10.5 Å². The number of phenolic OH excluding ortho intramolecular Hbond substituents is 1. The largest absolute Gasteiger partial charge is 0.508 e. The number of carbonyl (C=O) groups excluding carboxylic acids is 2. The van der Waals surface area contributed by atoms with Crippen molar-refractivity contribution in [3.63, 3.8) is 0 Å². The molecular weight excluding hydrogens is 440 g/mol. The summed E-state index contributed by atoms with van der Waals surface area (Å²) in [7, 11) is 0. The van der Waals surface area contributed by atoms with Gasteiger partial charge in [0.05, 0.1) is 11.3 Å². The van der Waals surface area contributed by atoms with E-state index in [9.17, 15) is 14.7 Å². The molecule has 2 amide bonds. The van der Waals surface area contributed by atoms with Gasteiger partial charge in [-0.05, 0) is 46.0 Å². The van der Waals surface area contributed by atoms with Crippen molar-refractivity contribution in [3.8, 4) is 16.9 Å². The zero-order valence-electron chi connectivity index (χ0n) is 18.9. The molecule has 6 heteroatoms. The fraction of sp³-hybridized carbons (Fsp3) is 0.103. The van der Waals surface area contributed by atoms with Crippen LogP contribution in [0.1, 0.15) is 33.0 Å². The van der Waals surface area contributed by atoms with Gasteiger partial charge in [-0.1, -0.05) is 78.9 Å². The first kappa shape index (κ1) is 22.2. The monoisotopic (exact) mass is 464 g/mol. The van der Waals surface area contributed by atoms with Gasteiger partial charge in [-0.2, -0.15) is 0 Å². The van der Waals surface area contributed by atoms with E-state index in [0.717, 1.165) is 27.8 Å². The Bertz CT molecular complexity index is 1340. The van der Waals surface area contributed by atoms with Crippen molar-refractivity contribution in [1.82, 2.24) is 5.32 Å². The van der Waals surface area contributed by atoms with Gasteiger partial charge in [-0.15, -0.1) is 0 Å². The lowest BCUT2D eigenvalue weighted by molar-refractivity contribution is 0.0951. The number of rotatable bonds is 6. The highest BCUT2D eigenvalue weighted by Gasteiger charge is 2.29. The quantitative estimate of drug-likeness (QED) is 0.320. The second-order valence-electron chi connectivity index (χ2n) is 8.35. The Morgan fingerprint density at radius 2 is 1.43 bits per heavy atom. The molecule has 5 rings (SSSR count). The molecule has 0 aliphatic heterocycles. The predicted octanol–water partition coefficient (Wildman–Crippen LogP) is 5.68. The van der Waals surface area contributed by atoms with E-state index in [-0.39, 0.29) is 29.5 Å². The van der Waals surface area contributed by atoms with Crippen molar-refractivity contribution < 1.29 is 19.4 Å². The Kier molecular flexibility index (Phi) is 6.18. The van der Waals surface area contributed by atoms with Crippen LogP contribution in [0, 0.1) is 0 Å². The first-order chi connectivity index (χ1) is 17.1. The maximum atomic E-state index is 12.8. The van der Waals surface area contributed by atoms with E-state index in [4.69, 9.17) is 4.74 Å². The highest BCUT2D eigenvalue weighted by atomic mass is 16.5. The highest BCUT2D eigenvalue weighted by molar-refractivity contribution is 6.03. The van der Waals surface area contributed by atoms with E-state index in [1.54, 1.807) is 0 Å². The first-order valence-corrected chi connectivity index (χ1v) is 11.4. The normalized spacial score (nSPS) is 11.9. The summed E-state index contributed by atoms with van der Waals surface area (Å²) in [5.74, 6) is -0.562. The van der Waals surface area contributed by atoms with Gasteiger partial charge in [0.1, 0.15) is 12.4 Å². The van der Waals surface area contributed by atoms with E-state index in [2.05, 4.69) is 34.9 Å². The van der Waals surface area contributed by atoms with Crippen molar-refractivity contribution in [2.75, 3.05) is 11.9 Å². The van der Waals surface area contributed by atoms with Crippen LogP contribution in [-0.2, 0) is 11.3 Å². The number of nitrogens with one attached hydrogen (secondary N) is 2. The molecule has 35 heavy (non-hydrogen) atoms. The number of fused-ring (bicyclic) bond motifs is 3. The molecule has 1 aliphatic rings. The molecule has 0 bridgehead atoms.